The van der Waals surface area contributed by atoms with E-state index in [9.17, 15) is 49.5 Å². The van der Waals surface area contributed by atoms with Gasteiger partial charge in [0, 0.05) is 25.1 Å². The van der Waals surface area contributed by atoms with E-state index in [0.29, 0.717) is 22.5 Å². The highest BCUT2D eigenvalue weighted by Gasteiger charge is 2.39. The van der Waals surface area contributed by atoms with Crippen molar-refractivity contribution in [3.63, 3.8) is 0 Å². The summed E-state index contributed by atoms with van der Waals surface area (Å²) in [6.45, 7) is -0.221. The third-order valence-corrected chi connectivity index (χ3v) is 9.68. The summed E-state index contributed by atoms with van der Waals surface area (Å²) in [5.41, 5.74) is -3.69. The van der Waals surface area contributed by atoms with Crippen LogP contribution in [0.2, 0.25) is 0 Å². The number of carboxylic acids is 1. The van der Waals surface area contributed by atoms with Crippen LogP contribution in [0.25, 0.3) is 11.3 Å². The highest BCUT2D eigenvalue weighted by molar-refractivity contribution is 7.92. The number of carbonyl (C=O) groups is 2. The Morgan fingerprint density at radius 2 is 1.64 bits per heavy atom. The van der Waals surface area contributed by atoms with Crippen molar-refractivity contribution in [2.45, 2.75) is 49.0 Å². The standard InChI is InChI=1S/C30H26F7N3O6S/c31-22-13-18(23-5-2-6-25(38-23)30(35,36)37)14-24-27(22)46-20(7-8-26(41)39-11-9-17(10-12-39)28(42)43)16-40(24)47(44,45)21-4-1-3-19(15-21)29(32,33)34/h1-6,13-15,17,20H,7-12,16H2,(H,42,43)/t20-/m0/s1. The number of carboxylic acid groups (broad SMARTS) is 1. The minimum atomic E-state index is -4.90. The molecule has 0 saturated carbocycles. The van der Waals surface area contributed by atoms with E-state index in [0.717, 1.165) is 36.4 Å². The highest BCUT2D eigenvalue weighted by Crippen LogP contribution is 2.43. The predicted octanol–water partition coefficient (Wildman–Crippen LogP) is 5.99. The first-order valence-electron chi connectivity index (χ1n) is 14.2. The molecule has 2 aliphatic rings. The average Bonchev–Trinajstić information content (AvgIpc) is 3.02. The van der Waals surface area contributed by atoms with Crippen molar-refractivity contribution in [2.75, 3.05) is 23.9 Å². The summed E-state index contributed by atoms with van der Waals surface area (Å²) in [6.07, 6.45) is -10.8. The van der Waals surface area contributed by atoms with E-state index in [4.69, 9.17) is 4.74 Å². The van der Waals surface area contributed by atoms with Crippen molar-refractivity contribution in [1.29, 1.82) is 0 Å². The van der Waals surface area contributed by atoms with E-state index in [-0.39, 0.29) is 55.9 Å². The fraction of sp³-hybridized carbons (Fsp3) is 0.367. The minimum Gasteiger partial charge on any atom is -0.483 e. The molecule has 2 aromatic carbocycles. The van der Waals surface area contributed by atoms with E-state index in [1.54, 1.807) is 0 Å². The fourth-order valence-corrected chi connectivity index (χ4v) is 6.96. The van der Waals surface area contributed by atoms with Crippen LogP contribution in [0, 0.1) is 11.7 Å². The summed E-state index contributed by atoms with van der Waals surface area (Å²) in [6, 6.07) is 7.50. The van der Waals surface area contributed by atoms with Crippen LogP contribution in [0.3, 0.4) is 0 Å². The zero-order valence-electron chi connectivity index (χ0n) is 24.2. The van der Waals surface area contributed by atoms with Gasteiger partial charge in [0.2, 0.25) is 5.91 Å². The van der Waals surface area contributed by atoms with Crippen molar-refractivity contribution in [3.8, 4) is 17.0 Å². The molecule has 5 rings (SSSR count). The number of piperidine rings is 1. The van der Waals surface area contributed by atoms with Gasteiger partial charge in [-0.3, -0.25) is 13.9 Å². The lowest BCUT2D eigenvalue weighted by Gasteiger charge is -2.36. The Labute approximate surface area is 263 Å². The molecule has 3 heterocycles. The molecule has 0 bridgehead atoms. The third kappa shape index (κ3) is 7.29. The van der Waals surface area contributed by atoms with E-state index >= 15 is 4.39 Å². The molecule has 9 nitrogen and oxygen atoms in total. The molecule has 1 amide bonds. The highest BCUT2D eigenvalue weighted by atomic mass is 32.2. The first-order chi connectivity index (χ1) is 21.9. The average molecular weight is 690 g/mol. The summed E-state index contributed by atoms with van der Waals surface area (Å²) in [5, 5.41) is 9.18. The molecule has 1 saturated heterocycles. The monoisotopic (exact) mass is 689 g/mol. The Morgan fingerprint density at radius 3 is 2.28 bits per heavy atom. The predicted molar refractivity (Wildman–Crippen MR) is 151 cm³/mol. The Kier molecular flexibility index (Phi) is 9.14. The number of sulfonamides is 1. The SMILES string of the molecule is O=C(O)C1CCN(C(=O)CC[C@H]2CN(S(=O)(=O)c3cccc(C(F)(F)F)c3)c3cc(-c4cccc(C(F)(F)F)n4)cc(F)c3O2)CC1. The molecule has 1 fully saturated rings. The summed E-state index contributed by atoms with van der Waals surface area (Å²) >= 11 is 0. The first kappa shape index (κ1) is 33.9. The second kappa shape index (κ2) is 12.7. The smallest absolute Gasteiger partial charge is 0.433 e. The first-order valence-corrected chi connectivity index (χ1v) is 15.6. The molecule has 0 radical (unpaired) electrons. The van der Waals surface area contributed by atoms with Crippen LogP contribution >= 0.6 is 0 Å². The maximum absolute atomic E-state index is 15.6. The van der Waals surface area contributed by atoms with E-state index < -0.39 is 80.3 Å². The molecular weight excluding hydrogens is 663 g/mol. The van der Waals surface area contributed by atoms with Gasteiger partial charge in [-0.2, -0.15) is 26.3 Å². The van der Waals surface area contributed by atoms with Gasteiger partial charge in [-0.25, -0.2) is 17.8 Å². The third-order valence-electron chi connectivity index (χ3n) is 7.91. The number of ether oxygens (including phenoxy) is 1. The van der Waals surface area contributed by atoms with Crippen LogP contribution in [-0.2, 0) is 32.0 Å². The maximum atomic E-state index is 15.6. The summed E-state index contributed by atoms with van der Waals surface area (Å²) in [7, 11) is -4.88. The Hall–Kier alpha value is -4.41. The van der Waals surface area contributed by atoms with Gasteiger partial charge in [-0.1, -0.05) is 12.1 Å². The molecule has 1 N–H and O–H groups in total. The lowest BCUT2D eigenvalue weighted by atomic mass is 9.97. The number of alkyl halides is 6. The number of aliphatic carboxylic acids is 1. The van der Waals surface area contributed by atoms with Gasteiger partial charge in [0.15, 0.2) is 11.6 Å². The summed E-state index contributed by atoms with van der Waals surface area (Å²) in [5.74, 6) is -3.77. The topological polar surface area (TPSA) is 117 Å². The van der Waals surface area contributed by atoms with Crippen LogP contribution < -0.4 is 9.04 Å². The number of carbonyl (C=O) groups excluding carboxylic acids is 1. The zero-order chi connectivity index (χ0) is 34.3. The molecule has 1 atom stereocenters. The molecule has 252 valence electrons. The normalized spacial score (nSPS) is 17.6. The van der Waals surface area contributed by atoms with Gasteiger partial charge in [0.1, 0.15) is 11.8 Å². The number of fused-ring (bicyclic) bond motifs is 1. The van der Waals surface area contributed by atoms with Crippen LogP contribution in [-0.4, -0.2) is 61.0 Å². The van der Waals surface area contributed by atoms with Crippen LogP contribution in [0.1, 0.15) is 36.9 Å². The van der Waals surface area contributed by atoms with Crippen molar-refractivity contribution in [1.82, 2.24) is 9.88 Å². The molecule has 47 heavy (non-hydrogen) atoms. The quantitative estimate of drug-likeness (QED) is 0.303. The second-order valence-electron chi connectivity index (χ2n) is 11.0. The van der Waals surface area contributed by atoms with Gasteiger partial charge >= 0.3 is 18.3 Å². The Morgan fingerprint density at radius 1 is 0.957 bits per heavy atom. The Bertz CT molecular complexity index is 1790. The van der Waals surface area contributed by atoms with Gasteiger partial charge in [0.05, 0.1) is 34.3 Å². The van der Waals surface area contributed by atoms with Crippen molar-refractivity contribution >= 4 is 27.6 Å². The molecular formula is C30H26F7N3O6S. The number of hydrogen-bond donors (Lipinski definition) is 1. The molecule has 2 aliphatic heterocycles. The number of likely N-dealkylation sites (tertiary alicyclic amines) is 1. The number of rotatable bonds is 7. The zero-order valence-corrected chi connectivity index (χ0v) is 25.0. The van der Waals surface area contributed by atoms with Gasteiger partial charge in [-0.05, 0) is 61.7 Å². The van der Waals surface area contributed by atoms with E-state index in [1.807, 2.05) is 0 Å². The maximum Gasteiger partial charge on any atom is 0.433 e. The number of anilines is 1. The molecule has 0 unspecified atom stereocenters. The van der Waals surface area contributed by atoms with Crippen molar-refractivity contribution in [3.05, 3.63) is 71.7 Å². The molecule has 3 aromatic rings. The van der Waals surface area contributed by atoms with Crippen LogP contribution in [0.4, 0.5) is 36.4 Å². The van der Waals surface area contributed by atoms with Crippen molar-refractivity contribution in [2.24, 2.45) is 5.92 Å². The second-order valence-corrected chi connectivity index (χ2v) is 12.9. The van der Waals surface area contributed by atoms with E-state index in [2.05, 4.69) is 4.98 Å². The number of amides is 1. The lowest BCUT2D eigenvalue weighted by molar-refractivity contribution is -0.145. The number of halogens is 7. The van der Waals surface area contributed by atoms with Crippen LogP contribution in [0.5, 0.6) is 5.75 Å². The number of pyridine rings is 1. The molecule has 0 aliphatic carbocycles. The number of aromatic nitrogens is 1. The minimum absolute atomic E-state index is 0.151. The molecule has 0 spiro atoms. The summed E-state index contributed by atoms with van der Waals surface area (Å²) < 4.78 is 130. The van der Waals surface area contributed by atoms with Gasteiger partial charge in [0.25, 0.3) is 10.0 Å². The number of hydrogen-bond acceptors (Lipinski definition) is 6. The van der Waals surface area contributed by atoms with Gasteiger partial charge in [-0.15, -0.1) is 0 Å². The fourth-order valence-electron chi connectivity index (χ4n) is 5.43. The number of benzene rings is 2. The molecule has 1 aromatic heterocycles. The lowest BCUT2D eigenvalue weighted by Crippen LogP contribution is -2.45. The molecule has 17 heteroatoms. The van der Waals surface area contributed by atoms with Gasteiger partial charge < -0.3 is 14.7 Å². The Balaban J connectivity index is 1.50. The number of nitrogens with zero attached hydrogens (tertiary/aromatic N) is 3. The van der Waals surface area contributed by atoms with Crippen molar-refractivity contribution < 1.29 is 58.6 Å². The van der Waals surface area contributed by atoms with Crippen LogP contribution in [0.15, 0.2) is 59.5 Å². The largest absolute Gasteiger partial charge is 0.483 e. The summed E-state index contributed by atoms with van der Waals surface area (Å²) in [4.78, 5) is 28.3. The van der Waals surface area contributed by atoms with E-state index in [1.165, 1.54) is 4.90 Å².